The van der Waals surface area contributed by atoms with E-state index in [2.05, 4.69) is 20.8 Å². The van der Waals surface area contributed by atoms with Gasteiger partial charge in [-0.15, -0.1) is 0 Å². The van der Waals surface area contributed by atoms with Gasteiger partial charge in [-0.3, -0.25) is 0 Å². The maximum absolute atomic E-state index is 13.0. The van der Waals surface area contributed by atoms with Crippen molar-refractivity contribution in [2.45, 2.75) is 83.5 Å². The number of benzene rings is 1. The first-order chi connectivity index (χ1) is 15.5. The van der Waals surface area contributed by atoms with E-state index in [9.17, 15) is 13.2 Å². The number of unbranched alkanes of at least 4 members (excludes halogenated alkanes) is 3. The Morgan fingerprint density at radius 2 is 1.91 bits per heavy atom. The van der Waals surface area contributed by atoms with Crippen LogP contribution in [-0.2, 0) is 20.0 Å². The SMILES string of the molecule is CCCCCCOc1cc2c(cc1\C(C)=C/C=C/C(C)=C/C(=O)O)C(C)(C)CCCS2(=O)=O. The second-order valence-corrected chi connectivity index (χ2v) is 11.6. The Hall–Kier alpha value is -2.34. The predicted molar refractivity (Wildman–Crippen MR) is 135 cm³/mol. The molecule has 0 saturated carbocycles. The highest BCUT2D eigenvalue weighted by molar-refractivity contribution is 7.91. The number of hydrogen-bond donors (Lipinski definition) is 1. The van der Waals surface area contributed by atoms with Gasteiger partial charge in [0.1, 0.15) is 5.75 Å². The molecule has 0 unspecified atom stereocenters. The lowest BCUT2D eigenvalue weighted by Gasteiger charge is -2.26. The molecule has 0 bridgehead atoms. The molecule has 2 rings (SSSR count). The molecule has 1 aromatic carbocycles. The summed E-state index contributed by atoms with van der Waals surface area (Å²) < 4.78 is 32.2. The average molecular weight is 475 g/mol. The van der Waals surface area contributed by atoms with E-state index < -0.39 is 15.8 Å². The zero-order valence-electron chi connectivity index (χ0n) is 20.6. The number of sulfone groups is 1. The second-order valence-electron chi connectivity index (χ2n) is 9.50. The minimum atomic E-state index is -3.37. The summed E-state index contributed by atoms with van der Waals surface area (Å²) in [5, 5.41) is 8.88. The van der Waals surface area contributed by atoms with Crippen LogP contribution in [0.25, 0.3) is 5.57 Å². The van der Waals surface area contributed by atoms with Gasteiger partial charge in [-0.05, 0) is 67.4 Å². The van der Waals surface area contributed by atoms with Gasteiger partial charge < -0.3 is 9.84 Å². The topological polar surface area (TPSA) is 80.7 Å². The number of carboxylic acid groups (broad SMARTS) is 1. The number of aliphatic carboxylic acids is 1. The number of allylic oxidation sites excluding steroid dienone is 5. The molecule has 1 N–H and O–H groups in total. The molecule has 33 heavy (non-hydrogen) atoms. The zero-order valence-corrected chi connectivity index (χ0v) is 21.4. The molecule has 0 saturated heterocycles. The minimum Gasteiger partial charge on any atom is -0.493 e. The Kier molecular flexibility index (Phi) is 9.53. The summed E-state index contributed by atoms with van der Waals surface area (Å²) in [4.78, 5) is 11.2. The summed E-state index contributed by atoms with van der Waals surface area (Å²) in [6.45, 7) is 10.6. The molecule has 182 valence electrons. The lowest BCUT2D eigenvalue weighted by atomic mass is 9.79. The molecule has 1 aliphatic rings. The number of rotatable bonds is 10. The Balaban J connectivity index is 2.52. The van der Waals surface area contributed by atoms with E-state index in [0.717, 1.165) is 54.9 Å². The highest BCUT2D eigenvalue weighted by atomic mass is 32.2. The third-order valence-electron chi connectivity index (χ3n) is 6.10. The first-order valence-electron chi connectivity index (χ1n) is 11.8. The van der Waals surface area contributed by atoms with E-state index >= 15 is 0 Å². The van der Waals surface area contributed by atoms with Crippen molar-refractivity contribution in [1.29, 1.82) is 0 Å². The van der Waals surface area contributed by atoms with Gasteiger partial charge in [0.25, 0.3) is 0 Å². The number of ether oxygens (including phenoxy) is 1. The molecule has 0 atom stereocenters. The molecule has 0 aliphatic carbocycles. The molecule has 0 fully saturated rings. The number of hydrogen-bond acceptors (Lipinski definition) is 4. The van der Waals surface area contributed by atoms with Crippen LogP contribution < -0.4 is 4.74 Å². The summed E-state index contributed by atoms with van der Waals surface area (Å²) in [5.74, 6) is -0.233. The van der Waals surface area contributed by atoms with Gasteiger partial charge in [-0.2, -0.15) is 0 Å². The molecule has 1 aliphatic heterocycles. The van der Waals surface area contributed by atoms with Crippen LogP contribution in [0.1, 0.15) is 84.3 Å². The fourth-order valence-corrected chi connectivity index (χ4v) is 5.81. The monoisotopic (exact) mass is 474 g/mol. The van der Waals surface area contributed by atoms with Crippen molar-refractivity contribution in [3.63, 3.8) is 0 Å². The fraction of sp³-hybridized carbons (Fsp3) is 0.519. The molecular weight excluding hydrogens is 436 g/mol. The van der Waals surface area contributed by atoms with Gasteiger partial charge in [-0.1, -0.05) is 58.3 Å². The predicted octanol–water partition coefficient (Wildman–Crippen LogP) is 6.48. The maximum atomic E-state index is 13.0. The van der Waals surface area contributed by atoms with Crippen molar-refractivity contribution in [2.24, 2.45) is 0 Å². The summed E-state index contributed by atoms with van der Waals surface area (Å²) in [6.07, 6.45) is 12.3. The molecule has 0 amide bonds. The standard InChI is InChI=1S/C27H38O5S/c1-6-7-8-9-15-32-24-19-25-23(27(4,5)14-11-16-33(25,30)31)18-22(24)21(3)13-10-12-20(2)17-26(28)29/h10,12-13,17-19H,6-9,11,14-16H2,1-5H3,(H,28,29)/b12-10+,20-17+,21-13-. The average Bonchev–Trinajstić information content (AvgIpc) is 2.80. The third kappa shape index (κ3) is 7.60. The molecule has 1 heterocycles. The molecule has 0 radical (unpaired) electrons. The van der Waals surface area contributed by atoms with Crippen molar-refractivity contribution >= 4 is 21.4 Å². The molecular formula is C27H38O5S. The molecule has 5 nitrogen and oxygen atoms in total. The number of carboxylic acids is 1. The molecule has 0 spiro atoms. The first kappa shape index (κ1) is 26.9. The van der Waals surface area contributed by atoms with Gasteiger partial charge in [0.15, 0.2) is 9.84 Å². The fourth-order valence-electron chi connectivity index (χ4n) is 4.11. The summed E-state index contributed by atoms with van der Waals surface area (Å²) >= 11 is 0. The zero-order chi connectivity index (χ0) is 24.6. The van der Waals surface area contributed by atoms with E-state index in [1.807, 2.05) is 25.1 Å². The van der Waals surface area contributed by atoms with Crippen molar-refractivity contribution in [2.75, 3.05) is 12.4 Å². The Morgan fingerprint density at radius 3 is 2.58 bits per heavy atom. The van der Waals surface area contributed by atoms with Crippen molar-refractivity contribution in [1.82, 2.24) is 0 Å². The lowest BCUT2D eigenvalue weighted by molar-refractivity contribution is -0.131. The largest absolute Gasteiger partial charge is 0.493 e. The Morgan fingerprint density at radius 1 is 1.18 bits per heavy atom. The highest BCUT2D eigenvalue weighted by Gasteiger charge is 2.34. The van der Waals surface area contributed by atoms with Gasteiger partial charge in [-0.25, -0.2) is 13.2 Å². The van der Waals surface area contributed by atoms with Crippen molar-refractivity contribution in [3.8, 4) is 5.75 Å². The van der Waals surface area contributed by atoms with Crippen LogP contribution >= 0.6 is 0 Å². The number of fused-ring (bicyclic) bond motifs is 1. The third-order valence-corrected chi connectivity index (χ3v) is 7.93. The van der Waals surface area contributed by atoms with Gasteiger partial charge in [0, 0.05) is 11.6 Å². The first-order valence-corrected chi connectivity index (χ1v) is 13.4. The van der Waals surface area contributed by atoms with Gasteiger partial charge in [0.2, 0.25) is 0 Å². The van der Waals surface area contributed by atoms with Crippen LogP contribution in [0, 0.1) is 0 Å². The van der Waals surface area contributed by atoms with Crippen molar-refractivity contribution in [3.05, 3.63) is 53.1 Å². The second kappa shape index (κ2) is 11.7. The normalized spacial score (nSPS) is 18.1. The van der Waals surface area contributed by atoms with Gasteiger partial charge >= 0.3 is 5.97 Å². The van der Waals surface area contributed by atoms with Crippen LogP contribution in [-0.4, -0.2) is 31.9 Å². The Bertz CT molecular complexity index is 1040. The van der Waals surface area contributed by atoms with Crippen LogP contribution in [0.15, 0.2) is 46.9 Å². The maximum Gasteiger partial charge on any atom is 0.328 e. The summed E-state index contributed by atoms with van der Waals surface area (Å²) in [5.41, 5.74) is 3.02. The van der Waals surface area contributed by atoms with Crippen LogP contribution in [0.5, 0.6) is 5.75 Å². The highest BCUT2D eigenvalue weighted by Crippen LogP contribution is 2.42. The van der Waals surface area contributed by atoms with Crippen molar-refractivity contribution < 1.29 is 23.1 Å². The van der Waals surface area contributed by atoms with Gasteiger partial charge in [0.05, 0.1) is 17.3 Å². The van der Waals surface area contributed by atoms with E-state index in [1.165, 1.54) is 0 Å². The minimum absolute atomic E-state index is 0.158. The molecule has 1 aromatic rings. The van der Waals surface area contributed by atoms with E-state index in [0.29, 0.717) is 29.2 Å². The summed E-state index contributed by atoms with van der Waals surface area (Å²) in [6, 6.07) is 3.71. The van der Waals surface area contributed by atoms with E-state index in [-0.39, 0.29) is 11.2 Å². The summed E-state index contributed by atoms with van der Waals surface area (Å²) in [7, 11) is -3.37. The smallest absolute Gasteiger partial charge is 0.328 e. The van der Waals surface area contributed by atoms with Crippen LogP contribution in [0.2, 0.25) is 0 Å². The lowest BCUT2D eigenvalue weighted by Crippen LogP contribution is -2.18. The molecule has 6 heteroatoms. The van der Waals surface area contributed by atoms with Crippen LogP contribution in [0.4, 0.5) is 0 Å². The van der Waals surface area contributed by atoms with E-state index in [1.54, 1.807) is 19.1 Å². The quantitative estimate of drug-likeness (QED) is 0.238. The molecule has 0 aromatic heterocycles. The number of carbonyl (C=O) groups is 1. The van der Waals surface area contributed by atoms with Crippen LogP contribution in [0.3, 0.4) is 0 Å². The Labute approximate surface area is 199 Å². The van der Waals surface area contributed by atoms with E-state index in [4.69, 9.17) is 9.84 Å².